The molecule has 86 valence electrons. The van der Waals surface area contributed by atoms with Gasteiger partial charge in [-0.15, -0.1) is 0 Å². The summed E-state index contributed by atoms with van der Waals surface area (Å²) in [5, 5.41) is 9.15. The van der Waals surface area contributed by atoms with Crippen molar-refractivity contribution < 1.29 is 14.6 Å². The van der Waals surface area contributed by atoms with Crippen molar-refractivity contribution in [3.05, 3.63) is 24.3 Å². The third-order valence-electron chi connectivity index (χ3n) is 1.77. The van der Waals surface area contributed by atoms with Crippen LogP contribution in [0.4, 0.5) is 0 Å². The van der Waals surface area contributed by atoms with Crippen LogP contribution in [0.25, 0.3) is 0 Å². The molecular weight excluding hydrogens is 196 g/mol. The Balaban J connectivity index is 4.13. The quantitative estimate of drug-likeness (QED) is 0.243. The molecule has 0 saturated carbocycles. The van der Waals surface area contributed by atoms with E-state index in [9.17, 15) is 4.79 Å². The predicted octanol–water partition coefficient (Wildman–Crippen LogP) is -0.344. The summed E-state index contributed by atoms with van der Waals surface area (Å²) in [7, 11) is 0. The number of hydrogen-bond acceptors (Lipinski definition) is 5. The van der Waals surface area contributed by atoms with Crippen molar-refractivity contribution in [2.75, 3.05) is 6.54 Å². The lowest BCUT2D eigenvalue weighted by atomic mass is 10.2. The molecule has 0 bridgehead atoms. The van der Waals surface area contributed by atoms with Gasteiger partial charge in [0.05, 0.1) is 6.10 Å². The van der Waals surface area contributed by atoms with Gasteiger partial charge in [0.25, 0.3) is 0 Å². The predicted molar refractivity (Wildman–Crippen MR) is 57.7 cm³/mol. The molecule has 5 nitrogen and oxygen atoms in total. The van der Waals surface area contributed by atoms with E-state index in [2.05, 4.69) is 6.58 Å². The first-order valence-corrected chi connectivity index (χ1v) is 4.65. The maximum Gasteiger partial charge on any atom is 0.335 e. The molecule has 0 spiro atoms. The van der Waals surface area contributed by atoms with E-state index in [-0.39, 0.29) is 6.54 Å². The van der Waals surface area contributed by atoms with Crippen LogP contribution < -0.4 is 11.5 Å². The number of esters is 1. The lowest BCUT2D eigenvalue weighted by Crippen LogP contribution is -2.25. The summed E-state index contributed by atoms with van der Waals surface area (Å²) in [6.07, 6.45) is 1.76. The Morgan fingerprint density at radius 1 is 1.67 bits per heavy atom. The number of carbonyl (C=O) groups excluding carboxylic acids is 1. The van der Waals surface area contributed by atoms with E-state index in [0.717, 1.165) is 0 Å². The zero-order chi connectivity index (χ0) is 11.8. The van der Waals surface area contributed by atoms with Crippen molar-refractivity contribution in [3.63, 3.8) is 0 Å². The van der Waals surface area contributed by atoms with Crippen molar-refractivity contribution in [3.8, 4) is 0 Å². The molecule has 0 aromatic carbocycles. The number of hydrogen-bond donors (Lipinski definition) is 3. The second-order valence-electron chi connectivity index (χ2n) is 3.12. The minimum Gasteiger partial charge on any atom is -0.440 e. The molecule has 2 unspecified atom stereocenters. The molecule has 0 aromatic heterocycles. The van der Waals surface area contributed by atoms with E-state index >= 15 is 0 Å². The summed E-state index contributed by atoms with van der Waals surface area (Å²) < 4.78 is 4.77. The Morgan fingerprint density at radius 2 is 2.27 bits per heavy atom. The zero-order valence-corrected chi connectivity index (χ0v) is 8.85. The average Bonchev–Trinajstić information content (AvgIpc) is 2.24. The highest BCUT2D eigenvalue weighted by atomic mass is 16.6. The molecule has 0 aliphatic carbocycles. The minimum atomic E-state index is -0.805. The van der Waals surface area contributed by atoms with Gasteiger partial charge < -0.3 is 15.6 Å². The van der Waals surface area contributed by atoms with Gasteiger partial charge in [0.1, 0.15) is 0 Å². The van der Waals surface area contributed by atoms with Gasteiger partial charge in [-0.25, -0.2) is 4.79 Å². The maximum atomic E-state index is 11.3. The highest BCUT2D eigenvalue weighted by molar-refractivity contribution is 5.87. The number of carbonyl (C=O) groups is 1. The Hall–Kier alpha value is -1.17. The summed E-state index contributed by atoms with van der Waals surface area (Å²) >= 11 is 0. The lowest BCUT2D eigenvalue weighted by Gasteiger charge is -2.09. The average molecular weight is 214 g/mol. The molecule has 2 atom stereocenters. The zero-order valence-electron chi connectivity index (χ0n) is 8.85. The van der Waals surface area contributed by atoms with E-state index in [4.69, 9.17) is 21.3 Å². The monoisotopic (exact) mass is 214 g/mol. The van der Waals surface area contributed by atoms with Crippen LogP contribution in [-0.2, 0) is 9.53 Å². The first-order chi connectivity index (χ1) is 7.01. The first-order valence-electron chi connectivity index (χ1n) is 4.65. The van der Waals surface area contributed by atoms with E-state index in [0.29, 0.717) is 12.0 Å². The largest absolute Gasteiger partial charge is 0.440 e. The van der Waals surface area contributed by atoms with Gasteiger partial charge in [-0.2, -0.15) is 0 Å². The molecule has 0 radical (unpaired) electrons. The minimum absolute atomic E-state index is 0.158. The van der Waals surface area contributed by atoms with Crippen LogP contribution in [0.15, 0.2) is 24.3 Å². The maximum absolute atomic E-state index is 11.3. The number of aliphatic hydroxyl groups excluding tert-OH is 1. The van der Waals surface area contributed by atoms with Gasteiger partial charge in [0.2, 0.25) is 0 Å². The normalized spacial score (nSPS) is 15.6. The number of ether oxygens (including phenoxy) is 1. The number of rotatable bonds is 6. The fraction of sp³-hybridized carbons (Fsp3) is 0.500. The third-order valence-corrected chi connectivity index (χ3v) is 1.77. The van der Waals surface area contributed by atoms with Gasteiger partial charge in [-0.1, -0.05) is 12.7 Å². The van der Waals surface area contributed by atoms with E-state index in [1.807, 2.05) is 0 Å². The van der Waals surface area contributed by atoms with Crippen molar-refractivity contribution in [1.29, 1.82) is 0 Å². The molecule has 0 amide bonds. The van der Waals surface area contributed by atoms with Gasteiger partial charge in [0.15, 0.2) is 6.23 Å². The second kappa shape index (κ2) is 7.17. The Kier molecular flexibility index (Phi) is 6.61. The Labute approximate surface area is 89.4 Å². The van der Waals surface area contributed by atoms with Crippen LogP contribution in [0.5, 0.6) is 0 Å². The summed E-state index contributed by atoms with van der Waals surface area (Å²) in [5.74, 6) is -0.522. The molecule has 15 heavy (non-hydrogen) atoms. The molecule has 0 heterocycles. The SMILES string of the molecule is C=CC(N)OC(=O)C(C)=CCC(O)CN. The molecular formula is C10H18N2O3. The second-order valence-corrected chi connectivity index (χ2v) is 3.12. The molecule has 0 saturated heterocycles. The summed E-state index contributed by atoms with van der Waals surface area (Å²) in [4.78, 5) is 11.3. The lowest BCUT2D eigenvalue weighted by molar-refractivity contribution is -0.141. The van der Waals surface area contributed by atoms with Crippen LogP contribution in [0.2, 0.25) is 0 Å². The topological polar surface area (TPSA) is 98.6 Å². The number of nitrogens with two attached hydrogens (primary N) is 2. The fourth-order valence-corrected chi connectivity index (χ4v) is 0.757. The third kappa shape index (κ3) is 6.01. The molecule has 0 aliphatic rings. The van der Waals surface area contributed by atoms with Crippen molar-refractivity contribution in [2.24, 2.45) is 11.5 Å². The van der Waals surface area contributed by atoms with Crippen molar-refractivity contribution >= 4 is 5.97 Å². The van der Waals surface area contributed by atoms with E-state index < -0.39 is 18.3 Å². The van der Waals surface area contributed by atoms with Gasteiger partial charge in [-0.3, -0.25) is 5.73 Å². The van der Waals surface area contributed by atoms with Crippen LogP contribution in [0.1, 0.15) is 13.3 Å². The van der Waals surface area contributed by atoms with Crippen molar-refractivity contribution in [1.82, 2.24) is 0 Å². The van der Waals surface area contributed by atoms with Gasteiger partial charge >= 0.3 is 5.97 Å². The van der Waals surface area contributed by atoms with Crippen LogP contribution in [0, 0.1) is 0 Å². The number of aliphatic hydroxyl groups is 1. The Morgan fingerprint density at radius 3 is 2.73 bits per heavy atom. The van der Waals surface area contributed by atoms with E-state index in [1.54, 1.807) is 13.0 Å². The Bertz CT molecular complexity index is 251. The van der Waals surface area contributed by atoms with Crippen LogP contribution in [0.3, 0.4) is 0 Å². The summed E-state index contributed by atoms with van der Waals surface area (Å²) in [6, 6.07) is 0. The molecule has 5 heteroatoms. The molecule has 5 N–H and O–H groups in total. The first kappa shape index (κ1) is 13.8. The van der Waals surface area contributed by atoms with Crippen LogP contribution in [-0.4, -0.2) is 30.0 Å². The fourth-order valence-electron chi connectivity index (χ4n) is 0.757. The summed E-state index contributed by atoms with van der Waals surface area (Å²) in [6.45, 7) is 5.12. The summed E-state index contributed by atoms with van der Waals surface area (Å²) in [5.41, 5.74) is 10.9. The van der Waals surface area contributed by atoms with Crippen molar-refractivity contribution in [2.45, 2.75) is 25.7 Å². The van der Waals surface area contributed by atoms with Gasteiger partial charge in [0, 0.05) is 12.1 Å². The smallest absolute Gasteiger partial charge is 0.335 e. The molecule has 0 rings (SSSR count). The molecule has 0 aromatic rings. The highest BCUT2D eigenvalue weighted by Crippen LogP contribution is 2.02. The van der Waals surface area contributed by atoms with Crippen LogP contribution >= 0.6 is 0 Å². The highest BCUT2D eigenvalue weighted by Gasteiger charge is 2.09. The standard InChI is InChI=1S/C10H18N2O3/c1-3-9(12)15-10(14)7(2)4-5-8(13)6-11/h3-4,8-9,13H,1,5-6,11-12H2,2H3. The molecule has 0 fully saturated rings. The van der Waals surface area contributed by atoms with E-state index in [1.165, 1.54) is 6.08 Å². The van der Waals surface area contributed by atoms with Gasteiger partial charge in [-0.05, 0) is 19.4 Å². The molecule has 0 aliphatic heterocycles.